The van der Waals surface area contributed by atoms with E-state index in [4.69, 9.17) is 5.73 Å². The van der Waals surface area contributed by atoms with Gasteiger partial charge in [-0.1, -0.05) is 19.9 Å². The molecule has 1 fully saturated rings. The zero-order valence-electron chi connectivity index (χ0n) is 13.0. The highest BCUT2D eigenvalue weighted by molar-refractivity contribution is 7.89. The van der Waals surface area contributed by atoms with Crippen molar-refractivity contribution in [3.8, 4) is 0 Å². The first-order valence-electron chi connectivity index (χ1n) is 7.84. The summed E-state index contributed by atoms with van der Waals surface area (Å²) in [5.74, 6) is 0.551. The molecule has 0 spiro atoms. The minimum Gasteiger partial charge on any atom is -0.326 e. The van der Waals surface area contributed by atoms with Crippen molar-refractivity contribution >= 4 is 10.0 Å². The third-order valence-corrected chi connectivity index (χ3v) is 5.91. The van der Waals surface area contributed by atoms with Crippen LogP contribution in [0.2, 0.25) is 0 Å². The minimum atomic E-state index is -3.40. The second-order valence-corrected chi connectivity index (χ2v) is 7.73. The molecule has 1 saturated carbocycles. The molecule has 1 aromatic carbocycles. The molecular formula is C16H26N2O2S. The average Bonchev–Trinajstić information content (AvgIpc) is 3.30. The Morgan fingerprint density at radius 2 is 1.95 bits per heavy atom. The van der Waals surface area contributed by atoms with Crippen molar-refractivity contribution in [3.05, 3.63) is 29.3 Å². The summed E-state index contributed by atoms with van der Waals surface area (Å²) < 4.78 is 27.3. The Morgan fingerprint density at radius 1 is 1.24 bits per heavy atom. The van der Waals surface area contributed by atoms with Gasteiger partial charge in [0.2, 0.25) is 10.0 Å². The molecule has 0 unspecified atom stereocenters. The lowest BCUT2D eigenvalue weighted by Gasteiger charge is -2.22. The Kier molecular flexibility index (Phi) is 5.41. The highest BCUT2D eigenvalue weighted by Crippen LogP contribution is 2.32. The van der Waals surface area contributed by atoms with Gasteiger partial charge in [0.1, 0.15) is 0 Å². The van der Waals surface area contributed by atoms with Gasteiger partial charge in [-0.05, 0) is 54.9 Å². The summed E-state index contributed by atoms with van der Waals surface area (Å²) in [4.78, 5) is 0.384. The summed E-state index contributed by atoms with van der Waals surface area (Å²) in [7, 11) is -3.40. The molecule has 1 aromatic rings. The minimum absolute atomic E-state index is 0.378. The van der Waals surface area contributed by atoms with Gasteiger partial charge in [-0.3, -0.25) is 0 Å². The van der Waals surface area contributed by atoms with Crippen LogP contribution in [0, 0.1) is 5.92 Å². The Morgan fingerprint density at radius 3 is 2.48 bits per heavy atom. The molecule has 0 aliphatic heterocycles. The Hall–Kier alpha value is -0.910. The maximum atomic E-state index is 12.8. The van der Waals surface area contributed by atoms with Crippen LogP contribution in [-0.4, -0.2) is 25.8 Å². The summed E-state index contributed by atoms with van der Waals surface area (Å²) in [5.41, 5.74) is 7.81. The lowest BCUT2D eigenvalue weighted by atomic mass is 10.1. The summed E-state index contributed by atoms with van der Waals surface area (Å²) in [6, 6.07) is 5.38. The molecule has 4 nitrogen and oxygen atoms in total. The highest BCUT2D eigenvalue weighted by Gasteiger charge is 2.31. The van der Waals surface area contributed by atoms with Gasteiger partial charge in [0.15, 0.2) is 0 Å². The zero-order chi connectivity index (χ0) is 15.5. The van der Waals surface area contributed by atoms with E-state index in [9.17, 15) is 8.42 Å². The SMILES string of the molecule is CCCN(CC1CC1)S(=O)(=O)c1ccc(CC)c(CN)c1. The van der Waals surface area contributed by atoms with Crippen molar-refractivity contribution in [1.82, 2.24) is 4.31 Å². The van der Waals surface area contributed by atoms with Crippen LogP contribution in [0.1, 0.15) is 44.2 Å². The quantitative estimate of drug-likeness (QED) is 0.802. The fourth-order valence-electron chi connectivity index (χ4n) is 2.59. The maximum absolute atomic E-state index is 12.8. The molecule has 1 aliphatic rings. The Balaban J connectivity index is 2.31. The van der Waals surface area contributed by atoms with Crippen LogP contribution >= 0.6 is 0 Å². The molecule has 2 N–H and O–H groups in total. The van der Waals surface area contributed by atoms with Gasteiger partial charge in [0, 0.05) is 19.6 Å². The number of nitrogens with zero attached hydrogens (tertiary/aromatic N) is 1. The molecule has 0 aromatic heterocycles. The predicted molar refractivity (Wildman–Crippen MR) is 85.5 cm³/mol. The summed E-state index contributed by atoms with van der Waals surface area (Å²) in [5, 5.41) is 0. The molecular weight excluding hydrogens is 284 g/mol. The fourth-order valence-corrected chi connectivity index (χ4v) is 4.25. The third kappa shape index (κ3) is 3.84. The van der Waals surface area contributed by atoms with E-state index >= 15 is 0 Å². The molecule has 118 valence electrons. The summed E-state index contributed by atoms with van der Waals surface area (Å²) in [6.07, 6.45) is 4.01. The second kappa shape index (κ2) is 6.90. The molecule has 0 atom stereocenters. The smallest absolute Gasteiger partial charge is 0.243 e. The zero-order valence-corrected chi connectivity index (χ0v) is 13.8. The molecule has 0 bridgehead atoms. The van der Waals surface area contributed by atoms with E-state index in [0.717, 1.165) is 36.8 Å². The average molecular weight is 310 g/mol. The predicted octanol–water partition coefficient (Wildman–Crippen LogP) is 2.52. The van der Waals surface area contributed by atoms with Gasteiger partial charge in [-0.2, -0.15) is 4.31 Å². The van der Waals surface area contributed by atoms with Crippen molar-refractivity contribution in [2.75, 3.05) is 13.1 Å². The van der Waals surface area contributed by atoms with Crippen molar-refractivity contribution in [2.45, 2.75) is 51.0 Å². The number of aryl methyl sites for hydroxylation is 1. The Labute approximate surface area is 128 Å². The van der Waals surface area contributed by atoms with Gasteiger partial charge in [-0.15, -0.1) is 0 Å². The van der Waals surface area contributed by atoms with E-state index in [2.05, 4.69) is 6.92 Å². The largest absolute Gasteiger partial charge is 0.326 e. The number of rotatable bonds is 8. The van der Waals surface area contributed by atoms with Crippen LogP contribution in [0.3, 0.4) is 0 Å². The molecule has 21 heavy (non-hydrogen) atoms. The van der Waals surface area contributed by atoms with E-state index in [1.807, 2.05) is 13.0 Å². The van der Waals surface area contributed by atoms with Gasteiger partial charge in [0.25, 0.3) is 0 Å². The molecule has 0 radical (unpaired) electrons. The van der Waals surface area contributed by atoms with Crippen LogP contribution in [0.4, 0.5) is 0 Å². The van der Waals surface area contributed by atoms with Crippen LogP contribution < -0.4 is 5.73 Å². The van der Waals surface area contributed by atoms with E-state index in [1.165, 1.54) is 0 Å². The number of hydrogen-bond acceptors (Lipinski definition) is 3. The molecule has 5 heteroatoms. The first kappa shape index (κ1) is 16.5. The number of hydrogen-bond donors (Lipinski definition) is 1. The van der Waals surface area contributed by atoms with Crippen molar-refractivity contribution in [1.29, 1.82) is 0 Å². The van der Waals surface area contributed by atoms with Crippen molar-refractivity contribution in [2.24, 2.45) is 11.7 Å². The molecule has 0 saturated heterocycles. The number of benzene rings is 1. The lowest BCUT2D eigenvalue weighted by molar-refractivity contribution is 0.395. The first-order chi connectivity index (χ1) is 10.0. The van der Waals surface area contributed by atoms with Crippen LogP contribution in [0.15, 0.2) is 23.1 Å². The van der Waals surface area contributed by atoms with Gasteiger partial charge >= 0.3 is 0 Å². The van der Waals surface area contributed by atoms with Gasteiger partial charge < -0.3 is 5.73 Å². The second-order valence-electron chi connectivity index (χ2n) is 5.79. The molecule has 0 amide bonds. The summed E-state index contributed by atoms with van der Waals surface area (Å²) >= 11 is 0. The maximum Gasteiger partial charge on any atom is 0.243 e. The Bertz CT molecular complexity index is 580. The molecule has 2 rings (SSSR count). The molecule has 0 heterocycles. The van der Waals surface area contributed by atoms with Gasteiger partial charge in [0.05, 0.1) is 4.90 Å². The van der Waals surface area contributed by atoms with Gasteiger partial charge in [-0.25, -0.2) is 8.42 Å². The lowest BCUT2D eigenvalue weighted by Crippen LogP contribution is -2.33. The topological polar surface area (TPSA) is 63.4 Å². The van der Waals surface area contributed by atoms with Crippen LogP contribution in [0.25, 0.3) is 0 Å². The van der Waals surface area contributed by atoms with E-state index in [1.54, 1.807) is 16.4 Å². The third-order valence-electron chi connectivity index (χ3n) is 4.05. The summed E-state index contributed by atoms with van der Waals surface area (Å²) in [6.45, 7) is 5.69. The van der Waals surface area contributed by atoms with E-state index in [0.29, 0.717) is 30.4 Å². The van der Waals surface area contributed by atoms with E-state index in [-0.39, 0.29) is 0 Å². The first-order valence-corrected chi connectivity index (χ1v) is 9.28. The van der Waals surface area contributed by atoms with Crippen molar-refractivity contribution < 1.29 is 8.42 Å². The van der Waals surface area contributed by atoms with Crippen LogP contribution in [0.5, 0.6) is 0 Å². The standard InChI is InChI=1S/C16H26N2O2S/c1-3-9-18(12-13-5-6-13)21(19,20)16-8-7-14(4-2)15(10-16)11-17/h7-8,10,13H,3-6,9,11-12,17H2,1-2H3. The normalized spacial score (nSPS) is 15.6. The van der Waals surface area contributed by atoms with E-state index < -0.39 is 10.0 Å². The van der Waals surface area contributed by atoms with Crippen molar-refractivity contribution in [3.63, 3.8) is 0 Å². The number of sulfonamides is 1. The molecule has 1 aliphatic carbocycles. The monoisotopic (exact) mass is 310 g/mol. The fraction of sp³-hybridized carbons (Fsp3) is 0.625. The number of nitrogens with two attached hydrogens (primary N) is 1. The van der Waals surface area contributed by atoms with Crippen LogP contribution in [-0.2, 0) is 23.0 Å². The highest BCUT2D eigenvalue weighted by atomic mass is 32.2.